The summed E-state index contributed by atoms with van der Waals surface area (Å²) in [4.78, 5) is 7.17. The minimum absolute atomic E-state index is 0.725. The van der Waals surface area contributed by atoms with Crippen LogP contribution in [0, 0.1) is 0 Å². The first-order valence-corrected chi connectivity index (χ1v) is 8.76. The average Bonchev–Trinajstić information content (AvgIpc) is 2.93. The molecule has 0 amide bonds. The Bertz CT molecular complexity index is 637. The fourth-order valence-corrected chi connectivity index (χ4v) is 2.95. The first-order valence-electron chi connectivity index (χ1n) is 8.76. The van der Waals surface area contributed by atoms with Gasteiger partial charge in [0.1, 0.15) is 5.82 Å². The lowest BCUT2D eigenvalue weighted by Gasteiger charge is -2.18. The van der Waals surface area contributed by atoms with Crippen molar-refractivity contribution in [3.05, 3.63) is 55.4 Å². The minimum atomic E-state index is 0.725. The van der Waals surface area contributed by atoms with Crippen LogP contribution in [0.5, 0.6) is 0 Å². The molecule has 1 aromatic carbocycles. The summed E-state index contributed by atoms with van der Waals surface area (Å²) in [6, 6.07) is 8.33. The van der Waals surface area contributed by atoms with Gasteiger partial charge in [-0.2, -0.15) is 0 Å². The Kier molecular flexibility index (Phi) is 7.72. The van der Waals surface area contributed by atoms with Crippen LogP contribution in [0.3, 0.4) is 0 Å². The zero-order valence-electron chi connectivity index (χ0n) is 14.8. The van der Waals surface area contributed by atoms with Crippen molar-refractivity contribution in [2.45, 2.75) is 26.3 Å². The fraction of sp³-hybridized carbons (Fsp3) is 0.450. The molecule has 0 unspecified atom stereocenters. The van der Waals surface area contributed by atoms with Crippen LogP contribution in [0.4, 0.5) is 0 Å². The molecule has 24 heavy (non-hydrogen) atoms. The van der Waals surface area contributed by atoms with Crippen LogP contribution in [0.2, 0.25) is 0 Å². The number of nitrogens with zero attached hydrogens (tertiary/aromatic N) is 3. The molecule has 0 radical (unpaired) electrons. The number of benzene rings is 1. The number of fused-ring (bicyclic) bond motifs is 1. The molecule has 0 saturated carbocycles. The third-order valence-electron chi connectivity index (χ3n) is 4.05. The molecule has 0 spiro atoms. The summed E-state index contributed by atoms with van der Waals surface area (Å²) < 4.78 is 7.84. The Hall–Kier alpha value is -1.91. The van der Waals surface area contributed by atoms with E-state index in [0.29, 0.717) is 0 Å². The summed E-state index contributed by atoms with van der Waals surface area (Å²) in [5.41, 5.74) is 2.26. The maximum Gasteiger partial charge on any atom is 0.109 e. The zero-order valence-corrected chi connectivity index (χ0v) is 14.8. The predicted molar refractivity (Wildman–Crippen MR) is 101 cm³/mol. The maximum absolute atomic E-state index is 5.54. The fourth-order valence-electron chi connectivity index (χ4n) is 2.95. The lowest BCUT2D eigenvalue weighted by Crippen LogP contribution is -2.25. The van der Waals surface area contributed by atoms with E-state index in [1.165, 1.54) is 5.52 Å². The van der Waals surface area contributed by atoms with E-state index >= 15 is 0 Å². The van der Waals surface area contributed by atoms with Crippen LogP contribution in [-0.2, 0) is 17.7 Å². The van der Waals surface area contributed by atoms with Gasteiger partial charge in [0.2, 0.25) is 0 Å². The van der Waals surface area contributed by atoms with E-state index in [9.17, 15) is 0 Å². The molecule has 130 valence electrons. The molecule has 1 aromatic heterocycles. The summed E-state index contributed by atoms with van der Waals surface area (Å²) in [7, 11) is 0. The van der Waals surface area contributed by atoms with E-state index in [1.807, 2.05) is 25.1 Å². The van der Waals surface area contributed by atoms with Crippen molar-refractivity contribution < 1.29 is 4.74 Å². The molecule has 4 heteroatoms. The van der Waals surface area contributed by atoms with Crippen molar-refractivity contribution in [1.29, 1.82) is 0 Å². The largest absolute Gasteiger partial charge is 0.380 e. The summed E-state index contributed by atoms with van der Waals surface area (Å²) >= 11 is 0. The molecule has 2 rings (SSSR count). The predicted octanol–water partition coefficient (Wildman–Crippen LogP) is 3.68. The van der Waals surface area contributed by atoms with Gasteiger partial charge in [-0.1, -0.05) is 24.3 Å². The smallest absolute Gasteiger partial charge is 0.109 e. The Balaban J connectivity index is 2.05. The van der Waals surface area contributed by atoms with E-state index in [4.69, 9.17) is 9.72 Å². The van der Waals surface area contributed by atoms with Gasteiger partial charge in [0, 0.05) is 32.7 Å². The van der Waals surface area contributed by atoms with Crippen molar-refractivity contribution >= 4 is 11.0 Å². The van der Waals surface area contributed by atoms with E-state index in [1.54, 1.807) is 0 Å². The number of rotatable bonds is 12. The van der Waals surface area contributed by atoms with Crippen molar-refractivity contribution in [2.24, 2.45) is 0 Å². The molecule has 0 aliphatic carbocycles. The molecule has 4 nitrogen and oxygen atoms in total. The van der Waals surface area contributed by atoms with Gasteiger partial charge in [-0.15, -0.1) is 13.2 Å². The standard InChI is InChI=1S/C20H29N3O/c1-4-13-22(14-5-2)15-9-12-20-21-18-10-7-8-11-19(18)23(20)16-17-24-6-3/h4-5,7-8,10-11H,1-2,6,9,12-17H2,3H3. The van der Waals surface area contributed by atoms with E-state index in [-0.39, 0.29) is 0 Å². The van der Waals surface area contributed by atoms with Crippen LogP contribution >= 0.6 is 0 Å². The van der Waals surface area contributed by atoms with Gasteiger partial charge in [0.05, 0.1) is 17.6 Å². The topological polar surface area (TPSA) is 30.3 Å². The molecule has 0 aliphatic rings. The molecule has 0 N–H and O–H groups in total. The highest BCUT2D eigenvalue weighted by molar-refractivity contribution is 5.75. The molecule has 0 fully saturated rings. The first kappa shape index (κ1) is 18.4. The van der Waals surface area contributed by atoms with Gasteiger partial charge in [0.15, 0.2) is 0 Å². The number of ether oxygens (including phenoxy) is 1. The Morgan fingerprint density at radius 2 is 1.96 bits per heavy atom. The van der Waals surface area contributed by atoms with Gasteiger partial charge in [-0.3, -0.25) is 4.90 Å². The molecule has 0 aliphatic heterocycles. The summed E-state index contributed by atoms with van der Waals surface area (Å²) in [5, 5.41) is 0. The highest BCUT2D eigenvalue weighted by Gasteiger charge is 2.10. The summed E-state index contributed by atoms with van der Waals surface area (Å²) in [6.07, 6.45) is 5.92. The third kappa shape index (κ3) is 5.05. The molecule has 0 atom stereocenters. The van der Waals surface area contributed by atoms with Gasteiger partial charge in [0.25, 0.3) is 0 Å². The first-order chi connectivity index (χ1) is 11.8. The zero-order chi connectivity index (χ0) is 17.2. The van der Waals surface area contributed by atoms with E-state index in [2.05, 4.69) is 40.8 Å². The summed E-state index contributed by atoms with van der Waals surface area (Å²) in [6.45, 7) is 14.8. The molecule has 2 aromatic rings. The van der Waals surface area contributed by atoms with E-state index in [0.717, 1.165) is 63.6 Å². The third-order valence-corrected chi connectivity index (χ3v) is 4.05. The van der Waals surface area contributed by atoms with Crippen molar-refractivity contribution in [3.63, 3.8) is 0 Å². The van der Waals surface area contributed by atoms with Crippen molar-refractivity contribution in [3.8, 4) is 0 Å². The number of imidazole rings is 1. The second-order valence-corrected chi connectivity index (χ2v) is 5.81. The lowest BCUT2D eigenvalue weighted by molar-refractivity contribution is 0.139. The van der Waals surface area contributed by atoms with Crippen LogP contribution in [0.15, 0.2) is 49.6 Å². The highest BCUT2D eigenvalue weighted by atomic mass is 16.5. The molecule has 0 bridgehead atoms. The SMILES string of the molecule is C=CCN(CC=C)CCCc1nc2ccccc2n1CCOCC. The second-order valence-electron chi connectivity index (χ2n) is 5.81. The molecular formula is C20H29N3O. The average molecular weight is 327 g/mol. The van der Waals surface area contributed by atoms with Crippen LogP contribution in [0.25, 0.3) is 11.0 Å². The Labute approximate surface area is 145 Å². The van der Waals surface area contributed by atoms with Gasteiger partial charge in [-0.25, -0.2) is 4.98 Å². The number of aromatic nitrogens is 2. The monoisotopic (exact) mass is 327 g/mol. The Morgan fingerprint density at radius 1 is 1.21 bits per heavy atom. The van der Waals surface area contributed by atoms with Crippen molar-refractivity contribution in [2.75, 3.05) is 32.8 Å². The maximum atomic E-state index is 5.54. The minimum Gasteiger partial charge on any atom is -0.380 e. The normalized spacial score (nSPS) is 11.2. The number of para-hydroxylation sites is 2. The molecular weight excluding hydrogens is 298 g/mol. The quantitative estimate of drug-likeness (QED) is 0.440. The lowest BCUT2D eigenvalue weighted by atomic mass is 10.2. The van der Waals surface area contributed by atoms with Gasteiger partial charge in [-0.05, 0) is 32.0 Å². The van der Waals surface area contributed by atoms with Crippen LogP contribution in [0.1, 0.15) is 19.2 Å². The molecule has 0 saturated heterocycles. The van der Waals surface area contributed by atoms with Crippen LogP contribution < -0.4 is 0 Å². The van der Waals surface area contributed by atoms with Gasteiger partial charge < -0.3 is 9.30 Å². The highest BCUT2D eigenvalue weighted by Crippen LogP contribution is 2.17. The van der Waals surface area contributed by atoms with Crippen molar-refractivity contribution in [1.82, 2.24) is 14.5 Å². The number of hydrogen-bond acceptors (Lipinski definition) is 3. The molecule has 1 heterocycles. The number of aryl methyl sites for hydroxylation is 1. The van der Waals surface area contributed by atoms with E-state index < -0.39 is 0 Å². The van der Waals surface area contributed by atoms with Crippen LogP contribution in [-0.4, -0.2) is 47.3 Å². The number of hydrogen-bond donors (Lipinski definition) is 0. The summed E-state index contributed by atoms with van der Waals surface area (Å²) in [5.74, 6) is 1.15. The Morgan fingerprint density at radius 3 is 2.67 bits per heavy atom. The second kappa shape index (κ2) is 10.1. The van der Waals surface area contributed by atoms with Gasteiger partial charge >= 0.3 is 0 Å².